The van der Waals surface area contributed by atoms with Crippen molar-refractivity contribution in [1.29, 1.82) is 5.26 Å². The second kappa shape index (κ2) is 9.94. The number of ether oxygens (including phenoxy) is 1. The molecular weight excluding hydrogens is 526 g/mol. The molecule has 0 unspecified atom stereocenters. The van der Waals surface area contributed by atoms with Crippen molar-refractivity contribution in [1.82, 2.24) is 0 Å². The Bertz CT molecular complexity index is 1460. The fourth-order valence-electron chi connectivity index (χ4n) is 6.06. The molecule has 0 saturated carbocycles. The summed E-state index contributed by atoms with van der Waals surface area (Å²) in [4.78, 5) is 32.5. The number of rotatable bonds is 4. The Hall–Kier alpha value is -2.89. The fraction of sp³-hybridized carbons (Fsp3) is 0.516. The highest BCUT2D eigenvalue weighted by atomic mass is 32.1. The first-order valence-corrected chi connectivity index (χ1v) is 15.4. The zero-order chi connectivity index (χ0) is 28.3. The Morgan fingerprint density at radius 2 is 1.92 bits per heavy atom. The van der Waals surface area contributed by atoms with Gasteiger partial charge in [-0.05, 0) is 67.6 Å². The molecular formula is C31H37N3O3S2. The van der Waals surface area contributed by atoms with Crippen molar-refractivity contribution in [2.24, 2.45) is 11.1 Å². The van der Waals surface area contributed by atoms with Crippen LogP contribution in [-0.4, -0.2) is 18.4 Å². The topological polar surface area (TPSA) is 96.4 Å². The lowest BCUT2D eigenvalue weighted by atomic mass is 9.70. The molecule has 2 aromatic heterocycles. The molecule has 0 fully saturated rings. The highest BCUT2D eigenvalue weighted by molar-refractivity contribution is 7.17. The summed E-state index contributed by atoms with van der Waals surface area (Å²) >= 11 is 3.20. The molecule has 5 rings (SSSR count). The van der Waals surface area contributed by atoms with Gasteiger partial charge in [-0.25, -0.2) is 4.79 Å². The summed E-state index contributed by atoms with van der Waals surface area (Å²) < 4.78 is 5.53. The normalized spacial score (nSPS) is 21.0. The van der Waals surface area contributed by atoms with E-state index in [1.807, 2.05) is 11.0 Å². The number of anilines is 1. The van der Waals surface area contributed by atoms with Crippen LogP contribution in [0.3, 0.4) is 0 Å². The van der Waals surface area contributed by atoms with Crippen LogP contribution in [0.25, 0.3) is 0 Å². The lowest BCUT2D eigenvalue weighted by Crippen LogP contribution is -2.42. The number of nitrogens with two attached hydrogens (primary N) is 1. The summed E-state index contributed by atoms with van der Waals surface area (Å²) in [7, 11) is 0. The number of allylic oxidation sites excluding steroid dienone is 3. The first-order valence-electron chi connectivity index (χ1n) is 13.8. The second-order valence-electron chi connectivity index (χ2n) is 12.5. The second-order valence-corrected chi connectivity index (χ2v) is 14.7. The van der Waals surface area contributed by atoms with E-state index >= 15 is 0 Å². The van der Waals surface area contributed by atoms with Gasteiger partial charge in [0, 0.05) is 32.3 Å². The number of carbonyl (C=O) groups excluding carboxylic acids is 2. The van der Waals surface area contributed by atoms with Crippen LogP contribution in [0.1, 0.15) is 104 Å². The minimum absolute atomic E-state index is 0.0428. The lowest BCUT2D eigenvalue weighted by molar-refractivity contribution is -0.118. The van der Waals surface area contributed by atoms with Gasteiger partial charge in [-0.2, -0.15) is 5.26 Å². The smallest absolute Gasteiger partial charge is 0.341 e. The number of carbonyl (C=O) groups is 2. The van der Waals surface area contributed by atoms with Gasteiger partial charge < -0.3 is 10.5 Å². The zero-order valence-electron chi connectivity index (χ0n) is 23.7. The number of thiophene rings is 2. The summed E-state index contributed by atoms with van der Waals surface area (Å²) in [6.07, 6.45) is 4.82. The average Bonchev–Trinajstić information content (AvgIpc) is 3.48. The molecule has 0 spiro atoms. The third kappa shape index (κ3) is 4.74. The van der Waals surface area contributed by atoms with Gasteiger partial charge in [-0.3, -0.25) is 9.69 Å². The minimum Gasteiger partial charge on any atom is -0.462 e. The van der Waals surface area contributed by atoms with Crippen molar-refractivity contribution < 1.29 is 14.3 Å². The molecule has 206 valence electrons. The van der Waals surface area contributed by atoms with Gasteiger partial charge in [-0.1, -0.05) is 34.6 Å². The number of hydrogen-bond donors (Lipinski definition) is 1. The van der Waals surface area contributed by atoms with E-state index in [0.717, 1.165) is 41.8 Å². The molecule has 39 heavy (non-hydrogen) atoms. The molecule has 0 radical (unpaired) electrons. The number of hydrogen-bond acceptors (Lipinski definition) is 8. The molecule has 8 heteroatoms. The Balaban J connectivity index is 1.77. The molecule has 1 atom stereocenters. The molecule has 0 bridgehead atoms. The number of nitriles is 1. The maximum atomic E-state index is 14.0. The van der Waals surface area contributed by atoms with E-state index in [2.05, 4.69) is 46.8 Å². The van der Waals surface area contributed by atoms with Crippen LogP contribution in [0.5, 0.6) is 0 Å². The summed E-state index contributed by atoms with van der Waals surface area (Å²) in [6.45, 7) is 12.7. The first-order chi connectivity index (χ1) is 18.4. The van der Waals surface area contributed by atoms with Crippen molar-refractivity contribution in [3.05, 3.63) is 60.6 Å². The number of aryl methyl sites for hydroxylation is 1. The molecule has 6 nitrogen and oxygen atoms in total. The molecule has 1 aliphatic heterocycles. The number of esters is 1. The van der Waals surface area contributed by atoms with Crippen LogP contribution in [-0.2, 0) is 27.8 Å². The van der Waals surface area contributed by atoms with Crippen LogP contribution >= 0.6 is 22.7 Å². The van der Waals surface area contributed by atoms with Crippen LogP contribution in [0, 0.1) is 16.7 Å². The number of ketones is 1. The molecule has 0 saturated heterocycles. The van der Waals surface area contributed by atoms with Crippen molar-refractivity contribution in [2.75, 3.05) is 11.5 Å². The minimum atomic E-state index is -0.508. The Morgan fingerprint density at radius 1 is 1.21 bits per heavy atom. The zero-order valence-corrected chi connectivity index (χ0v) is 25.3. The van der Waals surface area contributed by atoms with E-state index in [0.29, 0.717) is 40.4 Å². The Kier molecular flexibility index (Phi) is 7.05. The van der Waals surface area contributed by atoms with E-state index in [4.69, 9.17) is 10.5 Å². The molecule has 3 heterocycles. The van der Waals surface area contributed by atoms with Gasteiger partial charge >= 0.3 is 5.97 Å². The Morgan fingerprint density at radius 3 is 2.56 bits per heavy atom. The number of fused-ring (bicyclic) bond motifs is 1. The van der Waals surface area contributed by atoms with Gasteiger partial charge in [0.05, 0.1) is 29.7 Å². The summed E-state index contributed by atoms with van der Waals surface area (Å²) in [5.74, 6) is -0.522. The average molecular weight is 564 g/mol. The van der Waals surface area contributed by atoms with E-state index in [-0.39, 0.29) is 29.2 Å². The lowest BCUT2D eigenvalue weighted by Gasteiger charge is -2.43. The predicted molar refractivity (Wildman–Crippen MR) is 157 cm³/mol. The maximum absolute atomic E-state index is 14.0. The highest BCUT2D eigenvalue weighted by Crippen LogP contribution is 2.54. The highest BCUT2D eigenvalue weighted by Gasteiger charge is 2.46. The van der Waals surface area contributed by atoms with Crippen LogP contribution in [0.2, 0.25) is 0 Å². The summed E-state index contributed by atoms with van der Waals surface area (Å²) in [6, 6.07) is 6.52. The molecule has 3 aliphatic rings. The molecule has 2 aliphatic carbocycles. The van der Waals surface area contributed by atoms with Crippen molar-refractivity contribution >= 4 is 39.4 Å². The fourth-order valence-corrected chi connectivity index (χ4v) is 8.66. The van der Waals surface area contributed by atoms with E-state index in [1.54, 1.807) is 29.6 Å². The van der Waals surface area contributed by atoms with Crippen molar-refractivity contribution in [3.63, 3.8) is 0 Å². The van der Waals surface area contributed by atoms with E-state index in [9.17, 15) is 14.9 Å². The van der Waals surface area contributed by atoms with Crippen LogP contribution in [0.15, 0.2) is 34.8 Å². The molecule has 0 amide bonds. The standard InChI is InChI=1S/C31H37N3O3S2/c1-7-37-29(36)25-17-10-8-9-11-21(17)39-28(25)34-19-14-31(5,6)15-20(35)26(19)24(18(16-32)27(34)33)22-12-13-23(38-22)30(2,3)4/h12-13,24H,7-11,14-15,33H2,1-6H3/t24-/m0/s1. The van der Waals surface area contributed by atoms with Crippen molar-refractivity contribution in [3.8, 4) is 6.07 Å². The molecule has 2 N–H and O–H groups in total. The van der Waals surface area contributed by atoms with Gasteiger partial charge in [0.1, 0.15) is 10.8 Å². The van der Waals surface area contributed by atoms with E-state index < -0.39 is 5.92 Å². The van der Waals surface area contributed by atoms with Crippen molar-refractivity contribution in [2.45, 2.75) is 91.4 Å². The first kappa shape index (κ1) is 27.7. The summed E-state index contributed by atoms with van der Waals surface area (Å²) in [5, 5.41) is 11.2. The van der Waals surface area contributed by atoms with Gasteiger partial charge in [0.15, 0.2) is 5.78 Å². The quantitative estimate of drug-likeness (QED) is 0.399. The third-order valence-electron chi connectivity index (χ3n) is 7.87. The monoisotopic (exact) mass is 563 g/mol. The largest absolute Gasteiger partial charge is 0.462 e. The molecule has 0 aromatic carbocycles. The predicted octanol–water partition coefficient (Wildman–Crippen LogP) is 7.10. The number of nitrogens with zero attached hydrogens (tertiary/aromatic N) is 2. The van der Waals surface area contributed by atoms with Gasteiger partial charge in [0.25, 0.3) is 0 Å². The summed E-state index contributed by atoms with van der Waals surface area (Å²) in [5.41, 5.74) is 9.99. The van der Waals surface area contributed by atoms with Crippen LogP contribution in [0.4, 0.5) is 5.00 Å². The van der Waals surface area contributed by atoms with Gasteiger partial charge in [-0.15, -0.1) is 22.7 Å². The van der Waals surface area contributed by atoms with E-state index in [1.165, 1.54) is 9.75 Å². The van der Waals surface area contributed by atoms with Gasteiger partial charge in [0.2, 0.25) is 0 Å². The third-order valence-corrected chi connectivity index (χ3v) is 10.7. The number of Topliss-reactive ketones (excluding diaryl/α,β-unsaturated/α-hetero) is 1. The SMILES string of the molecule is CCOC(=O)c1c(N2C(N)=C(C#N)[C@@H](c3ccc(C(C)(C)C)s3)C3=C2CC(C)(C)CC3=O)sc2c1CCCC2. The maximum Gasteiger partial charge on any atom is 0.341 e. The Labute approximate surface area is 239 Å². The molecule has 2 aromatic rings. The van der Waals surface area contributed by atoms with Crippen LogP contribution < -0.4 is 10.6 Å².